The number of hydrogen-bond donors (Lipinski definition) is 1. The summed E-state index contributed by atoms with van der Waals surface area (Å²) in [5.41, 5.74) is 0. The van der Waals surface area contributed by atoms with Gasteiger partial charge in [0.1, 0.15) is 5.75 Å². The molecule has 0 unspecified atom stereocenters. The van der Waals surface area contributed by atoms with Crippen molar-refractivity contribution >= 4 is 5.91 Å². The third kappa shape index (κ3) is 3.74. The Morgan fingerprint density at radius 1 is 1.50 bits per heavy atom. The lowest BCUT2D eigenvalue weighted by molar-refractivity contribution is -0.127. The summed E-state index contributed by atoms with van der Waals surface area (Å²) in [6, 6.07) is 9.35. The predicted molar refractivity (Wildman–Crippen MR) is 68.5 cm³/mol. The molecule has 0 spiro atoms. The molecule has 1 fully saturated rings. The Morgan fingerprint density at radius 2 is 2.28 bits per heavy atom. The number of carbonyl (C=O) groups excluding carboxylic acids is 1. The van der Waals surface area contributed by atoms with Gasteiger partial charge in [-0.2, -0.15) is 0 Å². The van der Waals surface area contributed by atoms with Crippen LogP contribution in [-0.4, -0.2) is 31.3 Å². The number of para-hydroxylation sites is 1. The number of benzene rings is 1. The molecule has 0 saturated carbocycles. The molecule has 1 aromatic carbocycles. The topological polar surface area (TPSA) is 47.6 Å². The van der Waals surface area contributed by atoms with Crippen LogP contribution < -0.4 is 10.1 Å². The number of hydrogen-bond acceptors (Lipinski definition) is 3. The van der Waals surface area contributed by atoms with Crippen molar-refractivity contribution in [1.82, 2.24) is 5.32 Å². The second-order valence-electron chi connectivity index (χ2n) is 4.45. The maximum absolute atomic E-state index is 11.8. The second-order valence-corrected chi connectivity index (χ2v) is 4.45. The fourth-order valence-electron chi connectivity index (χ4n) is 1.92. The van der Waals surface area contributed by atoms with Gasteiger partial charge < -0.3 is 14.8 Å². The molecule has 0 aliphatic carbocycles. The average molecular weight is 249 g/mol. The number of carbonyl (C=O) groups is 1. The van der Waals surface area contributed by atoms with E-state index in [4.69, 9.17) is 9.47 Å². The summed E-state index contributed by atoms with van der Waals surface area (Å²) in [7, 11) is 0. The normalized spacial score (nSPS) is 20.4. The molecule has 0 bridgehead atoms. The first-order valence-electron chi connectivity index (χ1n) is 6.37. The standard InChI is InChI=1S/C14H19NO3/c1-11(18-12-6-3-2-4-7-12)14(16)15-10-13-8-5-9-17-13/h2-4,6-7,11,13H,5,8-10H2,1H3,(H,15,16)/t11-,13-/m1/s1. The SMILES string of the molecule is C[C@@H](Oc1ccccc1)C(=O)NC[C@H]1CCCO1. The molecule has 1 aliphatic heterocycles. The molecule has 1 heterocycles. The number of nitrogens with one attached hydrogen (secondary N) is 1. The molecule has 0 radical (unpaired) electrons. The minimum atomic E-state index is -0.492. The molecule has 1 aliphatic rings. The van der Waals surface area contributed by atoms with Crippen LogP contribution in [0.5, 0.6) is 5.75 Å². The summed E-state index contributed by atoms with van der Waals surface area (Å²) >= 11 is 0. The lowest BCUT2D eigenvalue weighted by Gasteiger charge is -2.16. The summed E-state index contributed by atoms with van der Waals surface area (Å²) in [6.45, 7) is 3.12. The quantitative estimate of drug-likeness (QED) is 0.864. The molecule has 4 nitrogen and oxygen atoms in total. The van der Waals surface area contributed by atoms with E-state index in [0.29, 0.717) is 12.3 Å². The zero-order valence-corrected chi connectivity index (χ0v) is 10.6. The van der Waals surface area contributed by atoms with E-state index in [1.165, 1.54) is 0 Å². The molecule has 18 heavy (non-hydrogen) atoms. The maximum Gasteiger partial charge on any atom is 0.260 e. The number of rotatable bonds is 5. The van der Waals surface area contributed by atoms with Crippen LogP contribution in [0.3, 0.4) is 0 Å². The van der Waals surface area contributed by atoms with Crippen molar-refractivity contribution in [3.8, 4) is 5.75 Å². The van der Waals surface area contributed by atoms with Gasteiger partial charge in [-0.1, -0.05) is 18.2 Å². The number of amides is 1. The molecule has 1 amide bonds. The molecule has 98 valence electrons. The van der Waals surface area contributed by atoms with Crippen molar-refractivity contribution in [2.45, 2.75) is 32.0 Å². The Balaban J connectivity index is 1.74. The number of ether oxygens (including phenoxy) is 2. The van der Waals surface area contributed by atoms with Crippen molar-refractivity contribution in [3.63, 3.8) is 0 Å². The second kappa shape index (κ2) is 6.40. The molecule has 1 aromatic rings. The predicted octanol–water partition coefficient (Wildman–Crippen LogP) is 1.75. The van der Waals surface area contributed by atoms with Gasteiger partial charge in [0, 0.05) is 13.2 Å². The third-order valence-electron chi connectivity index (χ3n) is 2.95. The molecule has 4 heteroatoms. The van der Waals surface area contributed by atoms with Gasteiger partial charge >= 0.3 is 0 Å². The van der Waals surface area contributed by atoms with Crippen LogP contribution in [0.1, 0.15) is 19.8 Å². The van der Waals surface area contributed by atoms with Gasteiger partial charge in [0.2, 0.25) is 0 Å². The Hall–Kier alpha value is -1.55. The zero-order chi connectivity index (χ0) is 12.8. The lowest BCUT2D eigenvalue weighted by Crippen LogP contribution is -2.40. The third-order valence-corrected chi connectivity index (χ3v) is 2.95. The zero-order valence-electron chi connectivity index (χ0n) is 10.6. The van der Waals surface area contributed by atoms with Crippen LogP contribution in [0.2, 0.25) is 0 Å². The Bertz CT molecular complexity index is 374. The van der Waals surface area contributed by atoms with Gasteiger partial charge in [-0.25, -0.2) is 0 Å². The molecule has 0 aromatic heterocycles. The van der Waals surface area contributed by atoms with E-state index >= 15 is 0 Å². The Morgan fingerprint density at radius 3 is 2.94 bits per heavy atom. The molecular weight excluding hydrogens is 230 g/mol. The maximum atomic E-state index is 11.8. The summed E-state index contributed by atoms with van der Waals surface area (Å²) in [4.78, 5) is 11.8. The minimum absolute atomic E-state index is 0.102. The summed E-state index contributed by atoms with van der Waals surface area (Å²) < 4.78 is 11.0. The van der Waals surface area contributed by atoms with Crippen molar-refractivity contribution in [2.75, 3.05) is 13.2 Å². The van der Waals surface area contributed by atoms with E-state index < -0.39 is 6.10 Å². The smallest absolute Gasteiger partial charge is 0.260 e. The molecular formula is C14H19NO3. The highest BCUT2D eigenvalue weighted by molar-refractivity contribution is 5.80. The van der Waals surface area contributed by atoms with Gasteiger partial charge in [-0.3, -0.25) is 4.79 Å². The monoisotopic (exact) mass is 249 g/mol. The van der Waals surface area contributed by atoms with Crippen molar-refractivity contribution in [1.29, 1.82) is 0 Å². The van der Waals surface area contributed by atoms with Gasteiger partial charge in [0.15, 0.2) is 6.10 Å². The van der Waals surface area contributed by atoms with E-state index in [2.05, 4.69) is 5.32 Å². The van der Waals surface area contributed by atoms with Gasteiger partial charge in [0.25, 0.3) is 5.91 Å². The Labute approximate surface area is 107 Å². The molecule has 1 saturated heterocycles. The molecule has 1 N–H and O–H groups in total. The van der Waals surface area contributed by atoms with Crippen molar-refractivity contribution < 1.29 is 14.3 Å². The fraction of sp³-hybridized carbons (Fsp3) is 0.500. The van der Waals surface area contributed by atoms with E-state index in [9.17, 15) is 4.79 Å². The van der Waals surface area contributed by atoms with Crippen LogP contribution in [-0.2, 0) is 9.53 Å². The van der Waals surface area contributed by atoms with Gasteiger partial charge in [-0.15, -0.1) is 0 Å². The van der Waals surface area contributed by atoms with Crippen LogP contribution in [0.4, 0.5) is 0 Å². The highest BCUT2D eigenvalue weighted by atomic mass is 16.5. The van der Waals surface area contributed by atoms with Gasteiger partial charge in [-0.05, 0) is 31.9 Å². The first-order chi connectivity index (χ1) is 8.75. The largest absolute Gasteiger partial charge is 0.481 e. The molecule has 2 rings (SSSR count). The summed E-state index contributed by atoms with van der Waals surface area (Å²) in [5, 5.41) is 2.86. The first-order valence-corrected chi connectivity index (χ1v) is 6.37. The van der Waals surface area contributed by atoms with Crippen molar-refractivity contribution in [2.24, 2.45) is 0 Å². The van der Waals surface area contributed by atoms with Crippen LogP contribution >= 0.6 is 0 Å². The highest BCUT2D eigenvalue weighted by Gasteiger charge is 2.19. The van der Waals surface area contributed by atoms with Crippen LogP contribution in [0, 0.1) is 0 Å². The van der Waals surface area contributed by atoms with Crippen LogP contribution in [0.25, 0.3) is 0 Å². The summed E-state index contributed by atoms with van der Waals surface area (Å²) in [5.74, 6) is 0.603. The van der Waals surface area contributed by atoms with E-state index in [1.807, 2.05) is 30.3 Å². The van der Waals surface area contributed by atoms with E-state index in [-0.39, 0.29) is 12.0 Å². The van der Waals surface area contributed by atoms with Gasteiger partial charge in [0.05, 0.1) is 6.10 Å². The van der Waals surface area contributed by atoms with E-state index in [0.717, 1.165) is 19.4 Å². The lowest BCUT2D eigenvalue weighted by atomic mass is 10.2. The molecule has 2 atom stereocenters. The Kier molecular flexibility index (Phi) is 4.59. The van der Waals surface area contributed by atoms with Crippen molar-refractivity contribution in [3.05, 3.63) is 30.3 Å². The fourth-order valence-corrected chi connectivity index (χ4v) is 1.92. The highest BCUT2D eigenvalue weighted by Crippen LogP contribution is 2.12. The average Bonchev–Trinajstić information content (AvgIpc) is 2.90. The minimum Gasteiger partial charge on any atom is -0.481 e. The summed E-state index contributed by atoms with van der Waals surface area (Å²) in [6.07, 6.45) is 1.77. The van der Waals surface area contributed by atoms with E-state index in [1.54, 1.807) is 6.92 Å². The van der Waals surface area contributed by atoms with Crippen LogP contribution in [0.15, 0.2) is 30.3 Å². The first kappa shape index (κ1) is 12.9.